The maximum Gasteiger partial charge on any atom is 0.159 e. The molecule has 0 saturated carbocycles. The van der Waals surface area contributed by atoms with Gasteiger partial charge in [0.15, 0.2) is 5.65 Å². The topological polar surface area (TPSA) is 42.2 Å². The molecule has 0 aromatic carbocycles. The number of aromatic nitrogens is 3. The fraction of sp³-hybridized carbons (Fsp3) is 0.400. The van der Waals surface area contributed by atoms with Crippen molar-refractivity contribution in [2.24, 2.45) is 0 Å². The Bertz CT molecular complexity index is 433. The fourth-order valence-corrected chi connectivity index (χ4v) is 1.39. The van der Waals surface area contributed by atoms with Gasteiger partial charge in [0.05, 0.1) is 6.20 Å². The summed E-state index contributed by atoms with van der Waals surface area (Å²) in [6.07, 6.45) is 3.80. The van der Waals surface area contributed by atoms with Crippen molar-refractivity contribution >= 4 is 5.65 Å². The van der Waals surface area contributed by atoms with Gasteiger partial charge in [0, 0.05) is 24.0 Å². The Morgan fingerprint density at radius 1 is 1.50 bits per heavy atom. The highest BCUT2D eigenvalue weighted by atomic mass is 15.2. The molecule has 4 nitrogen and oxygen atoms in total. The first-order valence-corrected chi connectivity index (χ1v) is 4.82. The molecule has 14 heavy (non-hydrogen) atoms. The molecule has 74 valence electrons. The average Bonchev–Trinajstić information content (AvgIpc) is 2.57. The van der Waals surface area contributed by atoms with Crippen LogP contribution in [0.15, 0.2) is 18.5 Å². The van der Waals surface area contributed by atoms with Gasteiger partial charge in [-0.2, -0.15) is 5.10 Å². The van der Waals surface area contributed by atoms with Crippen molar-refractivity contribution in [1.29, 1.82) is 0 Å². The van der Waals surface area contributed by atoms with Gasteiger partial charge in [-0.15, -0.1) is 0 Å². The van der Waals surface area contributed by atoms with Gasteiger partial charge in [-0.3, -0.25) is 0 Å². The van der Waals surface area contributed by atoms with E-state index in [0.29, 0.717) is 0 Å². The first-order chi connectivity index (χ1) is 6.81. The van der Waals surface area contributed by atoms with Gasteiger partial charge in [-0.1, -0.05) is 6.92 Å². The van der Waals surface area contributed by atoms with E-state index in [-0.39, 0.29) is 0 Å². The van der Waals surface area contributed by atoms with E-state index in [1.165, 1.54) is 0 Å². The number of rotatable bonds is 3. The Morgan fingerprint density at radius 2 is 2.36 bits per heavy atom. The molecular weight excluding hydrogens is 176 g/mol. The van der Waals surface area contributed by atoms with E-state index in [9.17, 15) is 0 Å². The van der Waals surface area contributed by atoms with Crippen LogP contribution in [0.3, 0.4) is 0 Å². The lowest BCUT2D eigenvalue weighted by atomic mass is 10.3. The van der Waals surface area contributed by atoms with Crippen molar-refractivity contribution < 1.29 is 0 Å². The van der Waals surface area contributed by atoms with E-state index < -0.39 is 0 Å². The smallest absolute Gasteiger partial charge is 0.159 e. The number of fused-ring (bicyclic) bond motifs is 1. The van der Waals surface area contributed by atoms with Crippen molar-refractivity contribution in [2.75, 3.05) is 6.54 Å². The summed E-state index contributed by atoms with van der Waals surface area (Å²) in [6.45, 7) is 5.87. The summed E-state index contributed by atoms with van der Waals surface area (Å²) in [4.78, 5) is 4.45. The normalized spacial score (nSPS) is 11.0. The maximum absolute atomic E-state index is 4.45. The van der Waals surface area contributed by atoms with E-state index in [1.54, 1.807) is 4.52 Å². The van der Waals surface area contributed by atoms with Crippen molar-refractivity contribution in [3.63, 3.8) is 0 Å². The zero-order chi connectivity index (χ0) is 9.97. The molecule has 0 atom stereocenters. The third-order valence-corrected chi connectivity index (χ3v) is 2.15. The minimum Gasteiger partial charge on any atom is -0.313 e. The van der Waals surface area contributed by atoms with Crippen LogP contribution in [0.4, 0.5) is 0 Å². The Hall–Kier alpha value is -1.42. The largest absolute Gasteiger partial charge is 0.313 e. The summed E-state index contributed by atoms with van der Waals surface area (Å²) in [7, 11) is 0. The van der Waals surface area contributed by atoms with Gasteiger partial charge < -0.3 is 5.32 Å². The van der Waals surface area contributed by atoms with Crippen LogP contribution in [-0.4, -0.2) is 21.1 Å². The Kier molecular flexibility index (Phi) is 2.45. The first kappa shape index (κ1) is 9.15. The summed E-state index contributed by atoms with van der Waals surface area (Å²) in [5.74, 6) is 0. The number of nitrogens with zero attached hydrogens (tertiary/aromatic N) is 3. The molecule has 1 N–H and O–H groups in total. The molecule has 4 heteroatoms. The summed E-state index contributed by atoms with van der Waals surface area (Å²) in [6, 6.07) is 1.96. The van der Waals surface area contributed by atoms with Crippen molar-refractivity contribution in [3.05, 3.63) is 29.7 Å². The Morgan fingerprint density at radius 3 is 3.14 bits per heavy atom. The van der Waals surface area contributed by atoms with Crippen LogP contribution in [0, 0.1) is 6.92 Å². The molecule has 0 aliphatic rings. The maximum atomic E-state index is 4.45. The molecule has 2 rings (SSSR count). The Labute approximate surface area is 83.0 Å². The van der Waals surface area contributed by atoms with Crippen molar-refractivity contribution in [1.82, 2.24) is 19.9 Å². The van der Waals surface area contributed by atoms with E-state index in [2.05, 4.69) is 22.3 Å². The van der Waals surface area contributed by atoms with Crippen LogP contribution >= 0.6 is 0 Å². The molecule has 0 unspecified atom stereocenters. The SMILES string of the molecule is CCNCc1cnn2ccc(C)nc12. The van der Waals surface area contributed by atoms with Gasteiger partial charge in [0.1, 0.15) is 0 Å². The molecule has 0 bridgehead atoms. The lowest BCUT2D eigenvalue weighted by Crippen LogP contribution is -2.11. The minimum absolute atomic E-state index is 0.830. The molecule has 0 saturated heterocycles. The molecule has 0 spiro atoms. The standard InChI is InChI=1S/C10H14N4/c1-3-11-6-9-7-12-14-5-4-8(2)13-10(9)14/h4-5,7,11H,3,6H2,1-2H3. The van der Waals surface area contributed by atoms with Gasteiger partial charge >= 0.3 is 0 Å². The van der Waals surface area contributed by atoms with Crippen LogP contribution < -0.4 is 5.32 Å². The molecule has 0 radical (unpaired) electrons. The van der Waals surface area contributed by atoms with Gasteiger partial charge in [-0.05, 0) is 19.5 Å². The van der Waals surface area contributed by atoms with E-state index in [4.69, 9.17) is 0 Å². The zero-order valence-electron chi connectivity index (χ0n) is 8.49. The second kappa shape index (κ2) is 3.75. The lowest BCUT2D eigenvalue weighted by molar-refractivity contribution is 0.729. The molecule has 0 amide bonds. The molecule has 2 aromatic rings. The number of nitrogens with one attached hydrogen (secondary N) is 1. The minimum atomic E-state index is 0.830. The predicted octanol–water partition coefficient (Wildman–Crippen LogP) is 1.15. The third-order valence-electron chi connectivity index (χ3n) is 2.15. The van der Waals surface area contributed by atoms with Crippen LogP contribution in [0.2, 0.25) is 0 Å². The fourth-order valence-electron chi connectivity index (χ4n) is 1.39. The highest BCUT2D eigenvalue weighted by molar-refractivity contribution is 5.46. The zero-order valence-corrected chi connectivity index (χ0v) is 8.49. The number of hydrogen-bond donors (Lipinski definition) is 1. The molecule has 0 aliphatic carbocycles. The molecule has 0 fully saturated rings. The van der Waals surface area contributed by atoms with Crippen LogP contribution in [0.1, 0.15) is 18.2 Å². The molecular formula is C10H14N4. The summed E-state index contributed by atoms with van der Waals surface area (Å²) < 4.78 is 1.81. The second-order valence-electron chi connectivity index (χ2n) is 3.29. The molecule has 2 heterocycles. The summed E-state index contributed by atoms with van der Waals surface area (Å²) in [5.41, 5.74) is 3.12. The van der Waals surface area contributed by atoms with Gasteiger partial charge in [0.2, 0.25) is 0 Å². The van der Waals surface area contributed by atoms with E-state index in [1.807, 2.05) is 25.4 Å². The van der Waals surface area contributed by atoms with Crippen molar-refractivity contribution in [3.8, 4) is 0 Å². The monoisotopic (exact) mass is 190 g/mol. The van der Waals surface area contributed by atoms with E-state index in [0.717, 1.165) is 30.0 Å². The average molecular weight is 190 g/mol. The van der Waals surface area contributed by atoms with Gasteiger partial charge in [-0.25, -0.2) is 9.50 Å². The predicted molar refractivity (Wildman–Crippen MR) is 55.1 cm³/mol. The van der Waals surface area contributed by atoms with Crippen molar-refractivity contribution in [2.45, 2.75) is 20.4 Å². The quantitative estimate of drug-likeness (QED) is 0.789. The summed E-state index contributed by atoms with van der Waals surface area (Å²) >= 11 is 0. The van der Waals surface area contributed by atoms with Crippen LogP contribution in [0.25, 0.3) is 5.65 Å². The van der Waals surface area contributed by atoms with Crippen LogP contribution in [0.5, 0.6) is 0 Å². The first-order valence-electron chi connectivity index (χ1n) is 4.82. The highest BCUT2D eigenvalue weighted by Crippen LogP contribution is 2.07. The number of hydrogen-bond acceptors (Lipinski definition) is 3. The molecule has 2 aromatic heterocycles. The molecule has 0 aliphatic heterocycles. The lowest BCUT2D eigenvalue weighted by Gasteiger charge is -1.99. The second-order valence-corrected chi connectivity index (χ2v) is 3.29. The third kappa shape index (κ3) is 1.61. The number of aryl methyl sites for hydroxylation is 1. The van der Waals surface area contributed by atoms with Crippen LogP contribution in [-0.2, 0) is 6.54 Å². The van der Waals surface area contributed by atoms with Gasteiger partial charge in [0.25, 0.3) is 0 Å². The Balaban J connectivity index is 2.40. The summed E-state index contributed by atoms with van der Waals surface area (Å²) in [5, 5.41) is 7.50. The van der Waals surface area contributed by atoms with E-state index >= 15 is 0 Å². The highest BCUT2D eigenvalue weighted by Gasteiger charge is 2.03.